The standard InChI is InChI=1S/C15H21BrO2/c1-5-18-14(15(2,3)4)13(17)10-11-7-6-8-12(16)9-11/h6-9,14H,5,10H2,1-4H3. The minimum absolute atomic E-state index is 0.141. The van der Waals surface area contributed by atoms with Gasteiger partial charge in [-0.05, 0) is 30.0 Å². The first-order valence-corrected chi connectivity index (χ1v) is 7.02. The maximum atomic E-state index is 12.3. The van der Waals surface area contributed by atoms with Crippen molar-refractivity contribution < 1.29 is 9.53 Å². The van der Waals surface area contributed by atoms with Crippen molar-refractivity contribution in [3.63, 3.8) is 0 Å². The van der Waals surface area contributed by atoms with E-state index in [1.165, 1.54) is 0 Å². The van der Waals surface area contributed by atoms with E-state index in [0.717, 1.165) is 10.0 Å². The van der Waals surface area contributed by atoms with E-state index in [1.54, 1.807) is 0 Å². The predicted octanol–water partition coefficient (Wildman–Crippen LogP) is 4.01. The smallest absolute Gasteiger partial charge is 0.166 e. The summed E-state index contributed by atoms with van der Waals surface area (Å²) in [5, 5.41) is 0. The van der Waals surface area contributed by atoms with Gasteiger partial charge in [-0.15, -0.1) is 0 Å². The molecule has 0 bridgehead atoms. The Labute approximate surface area is 118 Å². The van der Waals surface area contributed by atoms with Crippen LogP contribution >= 0.6 is 15.9 Å². The van der Waals surface area contributed by atoms with Gasteiger partial charge in [0.2, 0.25) is 0 Å². The fraction of sp³-hybridized carbons (Fsp3) is 0.533. The zero-order valence-electron chi connectivity index (χ0n) is 11.5. The lowest BCUT2D eigenvalue weighted by Crippen LogP contribution is -2.38. The Morgan fingerprint density at radius 1 is 1.39 bits per heavy atom. The molecular weight excluding hydrogens is 292 g/mol. The monoisotopic (exact) mass is 312 g/mol. The molecule has 0 aliphatic rings. The van der Waals surface area contributed by atoms with Crippen molar-refractivity contribution in [2.45, 2.75) is 40.2 Å². The minimum atomic E-state index is -0.346. The summed E-state index contributed by atoms with van der Waals surface area (Å²) in [4.78, 5) is 12.3. The van der Waals surface area contributed by atoms with Crippen molar-refractivity contribution in [2.75, 3.05) is 6.61 Å². The van der Waals surface area contributed by atoms with Gasteiger partial charge in [0.05, 0.1) is 0 Å². The van der Waals surface area contributed by atoms with Crippen LogP contribution in [0.5, 0.6) is 0 Å². The Bertz CT molecular complexity index is 407. The van der Waals surface area contributed by atoms with Crippen molar-refractivity contribution in [3.8, 4) is 0 Å². The molecule has 100 valence electrons. The van der Waals surface area contributed by atoms with E-state index in [1.807, 2.05) is 52.0 Å². The third-order valence-corrected chi connectivity index (χ3v) is 3.17. The van der Waals surface area contributed by atoms with Crippen LogP contribution < -0.4 is 0 Å². The Hall–Kier alpha value is -0.670. The molecule has 0 spiro atoms. The van der Waals surface area contributed by atoms with Crippen molar-refractivity contribution in [3.05, 3.63) is 34.3 Å². The maximum absolute atomic E-state index is 12.3. The van der Waals surface area contributed by atoms with Crippen LogP contribution in [0.3, 0.4) is 0 Å². The molecule has 1 rings (SSSR count). The fourth-order valence-corrected chi connectivity index (χ4v) is 2.38. The molecule has 0 saturated heterocycles. The summed E-state index contributed by atoms with van der Waals surface area (Å²) >= 11 is 3.42. The van der Waals surface area contributed by atoms with Gasteiger partial charge in [-0.1, -0.05) is 48.8 Å². The molecule has 0 aromatic heterocycles. The van der Waals surface area contributed by atoms with Crippen LogP contribution in [0.15, 0.2) is 28.7 Å². The minimum Gasteiger partial charge on any atom is -0.370 e. The molecule has 0 N–H and O–H groups in total. The second-order valence-electron chi connectivity index (χ2n) is 5.47. The van der Waals surface area contributed by atoms with E-state index >= 15 is 0 Å². The van der Waals surface area contributed by atoms with Crippen LogP contribution in [0.25, 0.3) is 0 Å². The van der Waals surface area contributed by atoms with Gasteiger partial charge in [0.25, 0.3) is 0 Å². The third kappa shape index (κ3) is 4.54. The number of carbonyl (C=O) groups is 1. The molecule has 3 heteroatoms. The summed E-state index contributed by atoms with van der Waals surface area (Å²) in [5.41, 5.74) is 0.849. The average Bonchev–Trinajstić information content (AvgIpc) is 2.24. The van der Waals surface area contributed by atoms with Gasteiger partial charge in [0.15, 0.2) is 5.78 Å². The van der Waals surface area contributed by atoms with Gasteiger partial charge < -0.3 is 4.74 Å². The van der Waals surface area contributed by atoms with E-state index < -0.39 is 0 Å². The number of Topliss-reactive ketones (excluding diaryl/α,β-unsaturated/α-hetero) is 1. The van der Waals surface area contributed by atoms with E-state index in [2.05, 4.69) is 15.9 Å². The fourth-order valence-electron chi connectivity index (χ4n) is 1.93. The van der Waals surface area contributed by atoms with Crippen molar-refractivity contribution >= 4 is 21.7 Å². The molecule has 0 saturated carbocycles. The lowest BCUT2D eigenvalue weighted by Gasteiger charge is -2.29. The number of ether oxygens (including phenoxy) is 1. The Balaban J connectivity index is 2.79. The molecule has 0 aliphatic carbocycles. The van der Waals surface area contributed by atoms with Gasteiger partial charge >= 0.3 is 0 Å². The normalized spacial score (nSPS) is 13.4. The number of benzene rings is 1. The summed E-state index contributed by atoms with van der Waals surface area (Å²) in [5.74, 6) is 0.141. The van der Waals surface area contributed by atoms with Crippen molar-refractivity contribution in [1.82, 2.24) is 0 Å². The topological polar surface area (TPSA) is 26.3 Å². The molecule has 1 aromatic carbocycles. The molecule has 0 heterocycles. The van der Waals surface area contributed by atoms with Gasteiger partial charge in [-0.3, -0.25) is 4.79 Å². The molecule has 0 fully saturated rings. The lowest BCUT2D eigenvalue weighted by atomic mass is 9.84. The summed E-state index contributed by atoms with van der Waals surface area (Å²) in [6.45, 7) is 8.59. The zero-order valence-corrected chi connectivity index (χ0v) is 13.1. The summed E-state index contributed by atoms with van der Waals surface area (Å²) in [7, 11) is 0. The first-order chi connectivity index (χ1) is 8.34. The first-order valence-electron chi connectivity index (χ1n) is 6.23. The SMILES string of the molecule is CCOC(C(=O)Cc1cccc(Br)c1)C(C)(C)C. The number of rotatable bonds is 5. The molecule has 0 amide bonds. The molecule has 1 unspecified atom stereocenters. The first kappa shape index (κ1) is 15.4. The van der Waals surface area contributed by atoms with Crippen LogP contribution in [-0.4, -0.2) is 18.5 Å². The predicted molar refractivity (Wildman–Crippen MR) is 77.7 cm³/mol. The lowest BCUT2D eigenvalue weighted by molar-refractivity contribution is -0.136. The van der Waals surface area contributed by atoms with Crippen LogP contribution in [-0.2, 0) is 16.0 Å². The van der Waals surface area contributed by atoms with E-state index in [9.17, 15) is 4.79 Å². The Kier molecular flexibility index (Phi) is 5.54. The molecule has 0 radical (unpaired) electrons. The zero-order chi connectivity index (χ0) is 13.8. The molecule has 18 heavy (non-hydrogen) atoms. The van der Waals surface area contributed by atoms with E-state index in [4.69, 9.17) is 4.74 Å². The van der Waals surface area contributed by atoms with Crippen LogP contribution in [0.1, 0.15) is 33.3 Å². The highest BCUT2D eigenvalue weighted by atomic mass is 79.9. The van der Waals surface area contributed by atoms with Crippen LogP contribution in [0.2, 0.25) is 0 Å². The van der Waals surface area contributed by atoms with Gasteiger partial charge in [-0.2, -0.15) is 0 Å². The third-order valence-electron chi connectivity index (χ3n) is 2.68. The van der Waals surface area contributed by atoms with Gasteiger partial charge in [0, 0.05) is 17.5 Å². The average molecular weight is 313 g/mol. The highest BCUT2D eigenvalue weighted by Gasteiger charge is 2.31. The van der Waals surface area contributed by atoms with Crippen molar-refractivity contribution in [2.24, 2.45) is 5.41 Å². The van der Waals surface area contributed by atoms with Crippen LogP contribution in [0.4, 0.5) is 0 Å². The largest absolute Gasteiger partial charge is 0.370 e. The van der Waals surface area contributed by atoms with Gasteiger partial charge in [0.1, 0.15) is 6.10 Å². The number of carbonyl (C=O) groups excluding carboxylic acids is 1. The summed E-state index contributed by atoms with van der Waals surface area (Å²) < 4.78 is 6.61. The summed E-state index contributed by atoms with van der Waals surface area (Å²) in [6.07, 6.45) is 0.0722. The molecule has 1 aromatic rings. The maximum Gasteiger partial charge on any atom is 0.166 e. The highest BCUT2D eigenvalue weighted by molar-refractivity contribution is 9.10. The van der Waals surface area contributed by atoms with E-state index in [-0.39, 0.29) is 17.3 Å². The number of hydrogen-bond acceptors (Lipinski definition) is 2. The Morgan fingerprint density at radius 2 is 2.06 bits per heavy atom. The molecule has 0 aliphatic heterocycles. The van der Waals surface area contributed by atoms with Crippen LogP contribution in [0, 0.1) is 5.41 Å². The van der Waals surface area contributed by atoms with E-state index in [0.29, 0.717) is 13.0 Å². The quantitative estimate of drug-likeness (QED) is 0.821. The number of ketones is 1. The number of halogens is 1. The summed E-state index contributed by atoms with van der Waals surface area (Å²) in [6, 6.07) is 7.84. The molecule has 2 nitrogen and oxygen atoms in total. The molecule has 1 atom stereocenters. The second kappa shape index (κ2) is 6.48. The second-order valence-corrected chi connectivity index (χ2v) is 6.39. The highest BCUT2D eigenvalue weighted by Crippen LogP contribution is 2.24. The van der Waals surface area contributed by atoms with Gasteiger partial charge in [-0.25, -0.2) is 0 Å². The Morgan fingerprint density at radius 3 is 2.56 bits per heavy atom. The number of hydrogen-bond donors (Lipinski definition) is 0. The van der Waals surface area contributed by atoms with Crippen molar-refractivity contribution in [1.29, 1.82) is 0 Å². The molecular formula is C15H21BrO2.